The van der Waals surface area contributed by atoms with E-state index in [-0.39, 0.29) is 30.8 Å². The zero-order chi connectivity index (χ0) is 25.7. The van der Waals surface area contributed by atoms with E-state index in [1.807, 2.05) is 38.1 Å². The molecule has 0 radical (unpaired) electrons. The van der Waals surface area contributed by atoms with Gasteiger partial charge in [-0.25, -0.2) is 0 Å². The van der Waals surface area contributed by atoms with Crippen LogP contribution in [0.1, 0.15) is 45.4 Å². The largest absolute Gasteiger partial charge is 0.467 e. The van der Waals surface area contributed by atoms with Gasteiger partial charge in [0, 0.05) is 19.5 Å². The van der Waals surface area contributed by atoms with Crippen LogP contribution in [0.25, 0.3) is 0 Å². The highest BCUT2D eigenvalue weighted by Gasteiger charge is 2.39. The molecular weight excluding hydrogens is 482 g/mol. The molecule has 9 nitrogen and oxygen atoms in total. The van der Waals surface area contributed by atoms with Crippen molar-refractivity contribution in [3.05, 3.63) is 47.9 Å². The van der Waals surface area contributed by atoms with Crippen molar-refractivity contribution in [3.8, 4) is 0 Å². The Morgan fingerprint density at radius 1 is 1.19 bits per heavy atom. The molecule has 36 heavy (non-hydrogen) atoms. The Kier molecular flexibility index (Phi) is 10.4. The zero-order valence-electron chi connectivity index (χ0n) is 21.4. The van der Waals surface area contributed by atoms with Crippen molar-refractivity contribution in [1.29, 1.82) is 0 Å². The molecule has 0 spiro atoms. The van der Waals surface area contributed by atoms with Gasteiger partial charge in [0.2, 0.25) is 17.7 Å². The molecule has 2 unspecified atom stereocenters. The lowest BCUT2D eigenvalue weighted by Crippen LogP contribution is -2.57. The number of fused-ring (bicyclic) bond motifs is 1. The Balaban J connectivity index is 0.00000456. The second-order valence-corrected chi connectivity index (χ2v) is 9.39. The van der Waals surface area contributed by atoms with Gasteiger partial charge in [-0.3, -0.25) is 14.4 Å². The summed E-state index contributed by atoms with van der Waals surface area (Å²) in [6, 6.07) is 7.63. The molecule has 0 fully saturated rings. The second kappa shape index (κ2) is 12.8. The summed E-state index contributed by atoms with van der Waals surface area (Å²) in [6.45, 7) is 9.84. The van der Waals surface area contributed by atoms with Crippen molar-refractivity contribution >= 4 is 41.5 Å². The van der Waals surface area contributed by atoms with Crippen LogP contribution in [0.2, 0.25) is 0 Å². The van der Waals surface area contributed by atoms with Gasteiger partial charge in [0.15, 0.2) is 0 Å². The average Bonchev–Trinajstić information content (AvgIpc) is 3.33. The van der Waals surface area contributed by atoms with E-state index in [1.54, 1.807) is 17.2 Å². The van der Waals surface area contributed by atoms with Gasteiger partial charge in [0.25, 0.3) is 0 Å². The molecule has 0 saturated heterocycles. The fourth-order valence-electron chi connectivity index (χ4n) is 4.71. The number of furan rings is 1. The van der Waals surface area contributed by atoms with Crippen molar-refractivity contribution in [2.45, 2.75) is 59.2 Å². The van der Waals surface area contributed by atoms with E-state index in [9.17, 15) is 14.4 Å². The second-order valence-electron chi connectivity index (χ2n) is 9.39. The van der Waals surface area contributed by atoms with Gasteiger partial charge in [0.1, 0.15) is 11.8 Å². The zero-order valence-corrected chi connectivity index (χ0v) is 22.2. The first kappa shape index (κ1) is 29.2. The number of nitrogens with zero attached hydrogens (tertiary/aromatic N) is 2. The molecular formula is C26H38ClN5O4. The van der Waals surface area contributed by atoms with Gasteiger partial charge in [-0.05, 0) is 49.9 Å². The number of amides is 3. The summed E-state index contributed by atoms with van der Waals surface area (Å²) < 4.78 is 5.55. The molecule has 5 N–H and O–H groups in total. The molecule has 1 aliphatic rings. The standard InChI is InChI=1S/C26H37N5O4.ClH/c1-5-30(6-2)21-11-7-9-17-14-20(26(34)31(23(17)21)15-18-10-8-12-35-18)29-25(33)19(13-16(3)4)22(27)24(28)32;/h7-12,16,19-20,22H,5-6,13-15,27H2,1-4H3,(H2,28,32)(H,29,33);1H/t19-,20?,22?;/m1./s1. The van der Waals surface area contributed by atoms with Gasteiger partial charge in [-0.2, -0.15) is 0 Å². The Labute approximate surface area is 219 Å². The summed E-state index contributed by atoms with van der Waals surface area (Å²) in [5, 5.41) is 2.87. The van der Waals surface area contributed by atoms with E-state index < -0.39 is 29.8 Å². The van der Waals surface area contributed by atoms with Crippen molar-refractivity contribution in [1.82, 2.24) is 5.32 Å². The average molecular weight is 520 g/mol. The Bertz CT molecular complexity index is 1040. The van der Waals surface area contributed by atoms with Crippen molar-refractivity contribution in [2.75, 3.05) is 22.9 Å². The molecule has 198 valence electrons. The number of carbonyl (C=O) groups excluding carboxylic acids is 3. The van der Waals surface area contributed by atoms with Crippen LogP contribution in [0.4, 0.5) is 11.4 Å². The SMILES string of the molecule is CCN(CC)c1cccc2c1N(Cc1ccco1)C(=O)C(NC(=O)[C@H](CC(C)C)C(N)C(N)=O)C2.Cl. The Morgan fingerprint density at radius 3 is 2.44 bits per heavy atom. The van der Waals surface area contributed by atoms with E-state index >= 15 is 0 Å². The van der Waals surface area contributed by atoms with Crippen LogP contribution >= 0.6 is 12.4 Å². The lowest BCUT2D eigenvalue weighted by Gasteiger charge is -2.38. The minimum Gasteiger partial charge on any atom is -0.467 e. The molecule has 2 heterocycles. The number of halogens is 1. The number of benzene rings is 1. The number of rotatable bonds is 11. The first-order chi connectivity index (χ1) is 16.7. The van der Waals surface area contributed by atoms with Crippen molar-refractivity contribution < 1.29 is 18.8 Å². The highest BCUT2D eigenvalue weighted by molar-refractivity contribution is 6.05. The molecule has 1 aromatic heterocycles. The summed E-state index contributed by atoms with van der Waals surface area (Å²) in [4.78, 5) is 42.7. The maximum atomic E-state index is 13.8. The highest BCUT2D eigenvalue weighted by Crippen LogP contribution is 2.38. The fourth-order valence-corrected chi connectivity index (χ4v) is 4.71. The van der Waals surface area contributed by atoms with Crippen LogP contribution in [0.5, 0.6) is 0 Å². The first-order valence-corrected chi connectivity index (χ1v) is 12.2. The molecule has 3 rings (SSSR count). The molecule has 0 saturated carbocycles. The number of para-hydroxylation sites is 1. The highest BCUT2D eigenvalue weighted by atomic mass is 35.5. The van der Waals surface area contributed by atoms with Crippen LogP contribution < -0.4 is 26.6 Å². The maximum Gasteiger partial charge on any atom is 0.250 e. The van der Waals surface area contributed by atoms with E-state index in [2.05, 4.69) is 24.1 Å². The summed E-state index contributed by atoms with van der Waals surface area (Å²) in [7, 11) is 0. The number of nitrogens with two attached hydrogens (primary N) is 2. The van der Waals surface area contributed by atoms with Crippen LogP contribution in [-0.2, 0) is 27.3 Å². The van der Waals surface area contributed by atoms with Gasteiger partial charge in [0.05, 0.1) is 36.1 Å². The van der Waals surface area contributed by atoms with Gasteiger partial charge in [-0.1, -0.05) is 26.0 Å². The van der Waals surface area contributed by atoms with E-state index in [4.69, 9.17) is 15.9 Å². The Hall–Kier alpha value is -3.04. The smallest absolute Gasteiger partial charge is 0.250 e. The number of anilines is 2. The minimum absolute atomic E-state index is 0. The van der Waals surface area contributed by atoms with Crippen molar-refractivity contribution in [2.24, 2.45) is 23.3 Å². The van der Waals surface area contributed by atoms with Gasteiger partial charge in [-0.15, -0.1) is 12.4 Å². The molecule has 1 aliphatic heterocycles. The van der Waals surface area contributed by atoms with E-state index in [0.29, 0.717) is 18.6 Å². The maximum absolute atomic E-state index is 13.8. The lowest BCUT2D eigenvalue weighted by molar-refractivity contribution is -0.133. The van der Waals surface area contributed by atoms with Gasteiger partial charge >= 0.3 is 0 Å². The minimum atomic E-state index is -1.13. The third-order valence-corrected chi connectivity index (χ3v) is 6.50. The fraction of sp³-hybridized carbons (Fsp3) is 0.500. The number of carbonyl (C=O) groups is 3. The molecule has 1 aromatic carbocycles. The van der Waals surface area contributed by atoms with E-state index in [1.165, 1.54) is 0 Å². The normalized spacial score (nSPS) is 16.7. The lowest BCUT2D eigenvalue weighted by atomic mass is 9.88. The predicted octanol–water partition coefficient (Wildman–Crippen LogP) is 2.60. The van der Waals surface area contributed by atoms with Crippen LogP contribution in [-0.4, -0.2) is 42.9 Å². The third kappa shape index (κ3) is 6.39. The molecule has 10 heteroatoms. The number of hydrogen-bond donors (Lipinski definition) is 3. The molecule has 0 bridgehead atoms. The first-order valence-electron chi connectivity index (χ1n) is 12.2. The molecule has 3 atom stereocenters. The topological polar surface area (TPSA) is 135 Å². The number of hydrogen-bond acceptors (Lipinski definition) is 6. The summed E-state index contributed by atoms with van der Waals surface area (Å²) in [5.74, 6) is -1.48. The predicted molar refractivity (Wildman–Crippen MR) is 143 cm³/mol. The number of nitrogens with one attached hydrogen (secondary N) is 1. The summed E-state index contributed by atoms with van der Waals surface area (Å²) >= 11 is 0. The van der Waals surface area contributed by atoms with E-state index in [0.717, 1.165) is 30.0 Å². The summed E-state index contributed by atoms with van der Waals surface area (Å²) in [6.07, 6.45) is 2.29. The van der Waals surface area contributed by atoms with Gasteiger partial charge < -0.3 is 31.0 Å². The third-order valence-electron chi connectivity index (χ3n) is 6.50. The molecule has 3 amide bonds. The Morgan fingerprint density at radius 2 is 1.89 bits per heavy atom. The quantitative estimate of drug-likeness (QED) is 0.417. The summed E-state index contributed by atoms with van der Waals surface area (Å²) in [5.41, 5.74) is 14.1. The van der Waals surface area contributed by atoms with Crippen LogP contribution in [0.15, 0.2) is 41.0 Å². The van der Waals surface area contributed by atoms with Crippen LogP contribution in [0.3, 0.4) is 0 Å². The number of primary amides is 1. The van der Waals surface area contributed by atoms with Crippen molar-refractivity contribution in [3.63, 3.8) is 0 Å². The molecule has 0 aliphatic carbocycles. The monoisotopic (exact) mass is 519 g/mol. The molecule has 2 aromatic rings. The van der Waals surface area contributed by atoms with Crippen LogP contribution in [0, 0.1) is 11.8 Å².